The van der Waals surface area contributed by atoms with Crippen LogP contribution in [0.1, 0.15) is 84.5 Å². The number of nitrogens with one attached hydrogen (secondary N) is 1. The molecule has 7 nitrogen and oxygen atoms in total. The van der Waals surface area contributed by atoms with E-state index in [2.05, 4.69) is 5.32 Å². The van der Waals surface area contributed by atoms with Gasteiger partial charge < -0.3 is 14.7 Å². The van der Waals surface area contributed by atoms with Crippen LogP contribution in [-0.2, 0) is 19.1 Å². The zero-order valence-corrected chi connectivity index (χ0v) is 18.5. The first-order chi connectivity index (χ1) is 14.4. The third-order valence-corrected chi connectivity index (χ3v) is 7.36. The highest BCUT2D eigenvalue weighted by molar-refractivity contribution is 5.88. The zero-order chi connectivity index (χ0) is 21.7. The molecule has 0 spiro atoms. The Hall–Kier alpha value is -1.63. The Kier molecular flexibility index (Phi) is 8.14. The van der Waals surface area contributed by atoms with E-state index >= 15 is 0 Å². The molecule has 1 amide bonds. The van der Waals surface area contributed by atoms with Crippen molar-refractivity contribution < 1.29 is 24.2 Å². The fourth-order valence-electron chi connectivity index (χ4n) is 5.81. The summed E-state index contributed by atoms with van der Waals surface area (Å²) in [4.78, 5) is 39.2. The number of rotatable bonds is 9. The molecular weight excluding hydrogens is 384 g/mol. The monoisotopic (exact) mass is 422 g/mol. The van der Waals surface area contributed by atoms with E-state index in [4.69, 9.17) is 4.74 Å². The van der Waals surface area contributed by atoms with Crippen LogP contribution in [-0.4, -0.2) is 58.6 Å². The van der Waals surface area contributed by atoms with Crippen LogP contribution in [0, 0.1) is 11.8 Å². The van der Waals surface area contributed by atoms with Crippen molar-refractivity contribution in [1.82, 2.24) is 10.2 Å². The average Bonchev–Trinajstić information content (AvgIpc) is 3.32. The third-order valence-electron chi connectivity index (χ3n) is 7.36. The van der Waals surface area contributed by atoms with Crippen molar-refractivity contribution in [1.29, 1.82) is 0 Å². The number of aliphatic carboxylic acids is 1. The number of ether oxygens (including phenoxy) is 1. The first-order valence-corrected chi connectivity index (χ1v) is 11.9. The van der Waals surface area contributed by atoms with Gasteiger partial charge in [0.1, 0.15) is 12.1 Å². The quantitative estimate of drug-likeness (QED) is 0.554. The highest BCUT2D eigenvalue weighted by Crippen LogP contribution is 2.41. The van der Waals surface area contributed by atoms with Gasteiger partial charge in [-0.25, -0.2) is 4.79 Å². The molecule has 30 heavy (non-hydrogen) atoms. The first-order valence-electron chi connectivity index (χ1n) is 11.9. The number of hydrogen-bond donors (Lipinski definition) is 2. The predicted octanol–water partition coefficient (Wildman–Crippen LogP) is 3.11. The van der Waals surface area contributed by atoms with Gasteiger partial charge in [0, 0.05) is 6.04 Å². The van der Waals surface area contributed by atoms with Crippen molar-refractivity contribution in [3.63, 3.8) is 0 Å². The number of esters is 1. The number of fused-ring (bicyclic) bond motifs is 1. The van der Waals surface area contributed by atoms with Crippen molar-refractivity contribution in [2.75, 3.05) is 6.61 Å². The minimum Gasteiger partial charge on any atom is -0.480 e. The van der Waals surface area contributed by atoms with Crippen LogP contribution in [0.5, 0.6) is 0 Å². The van der Waals surface area contributed by atoms with Gasteiger partial charge in [0.15, 0.2) is 0 Å². The van der Waals surface area contributed by atoms with Crippen LogP contribution in [0.2, 0.25) is 0 Å². The number of carboxylic acids is 1. The van der Waals surface area contributed by atoms with Crippen molar-refractivity contribution in [3.8, 4) is 0 Å². The third kappa shape index (κ3) is 5.34. The summed E-state index contributed by atoms with van der Waals surface area (Å²) in [5.74, 6) is -0.525. The molecule has 2 N–H and O–H groups in total. The molecule has 1 saturated heterocycles. The van der Waals surface area contributed by atoms with Gasteiger partial charge in [-0.15, -0.1) is 0 Å². The number of likely N-dealkylation sites (tertiary alicyclic amines) is 1. The summed E-state index contributed by atoms with van der Waals surface area (Å²) >= 11 is 0. The van der Waals surface area contributed by atoms with Crippen molar-refractivity contribution in [2.45, 2.75) is 109 Å². The fraction of sp³-hybridized carbons (Fsp3) is 0.870. The standard InChI is InChI=1S/C23H38N2O5/c1-3-30-23(29)18(13-12-16-8-5-4-6-9-16)24-15(2)21(26)25-19-11-7-10-17(19)14-20(25)22(27)28/h15-20,24H,3-14H2,1-2H3,(H,27,28)/t15-,17?,18?,19?,20?/m0/s1. The van der Waals surface area contributed by atoms with Crippen LogP contribution in [0.4, 0.5) is 0 Å². The number of carboxylic acid groups (broad SMARTS) is 1. The Bertz CT molecular complexity index is 619. The fourth-order valence-corrected chi connectivity index (χ4v) is 5.81. The smallest absolute Gasteiger partial charge is 0.326 e. The summed E-state index contributed by atoms with van der Waals surface area (Å²) < 4.78 is 5.26. The minimum absolute atomic E-state index is 0.0196. The topological polar surface area (TPSA) is 95.9 Å². The molecule has 3 rings (SSSR count). The molecule has 2 saturated carbocycles. The van der Waals surface area contributed by atoms with Gasteiger partial charge in [-0.2, -0.15) is 0 Å². The van der Waals surface area contributed by atoms with E-state index in [1.165, 1.54) is 32.1 Å². The average molecular weight is 423 g/mol. The summed E-state index contributed by atoms with van der Waals surface area (Å²) in [5.41, 5.74) is 0. The number of amides is 1. The van der Waals surface area contributed by atoms with Crippen molar-refractivity contribution >= 4 is 17.8 Å². The zero-order valence-electron chi connectivity index (χ0n) is 18.5. The van der Waals surface area contributed by atoms with E-state index in [9.17, 15) is 19.5 Å². The summed E-state index contributed by atoms with van der Waals surface area (Å²) in [5, 5.41) is 12.8. The number of carbonyl (C=O) groups is 3. The van der Waals surface area contributed by atoms with Crippen LogP contribution in [0.15, 0.2) is 0 Å². The van der Waals surface area contributed by atoms with E-state index in [0.29, 0.717) is 25.4 Å². The van der Waals surface area contributed by atoms with Crippen LogP contribution >= 0.6 is 0 Å². The second-order valence-corrected chi connectivity index (χ2v) is 9.37. The normalized spacial score (nSPS) is 28.7. The minimum atomic E-state index is -0.927. The maximum atomic E-state index is 13.3. The highest BCUT2D eigenvalue weighted by Gasteiger charge is 2.49. The predicted molar refractivity (Wildman–Crippen MR) is 113 cm³/mol. The van der Waals surface area contributed by atoms with E-state index in [0.717, 1.165) is 25.7 Å². The van der Waals surface area contributed by atoms with Gasteiger partial charge in [0.05, 0.1) is 12.6 Å². The van der Waals surface area contributed by atoms with E-state index in [1.807, 2.05) is 0 Å². The Morgan fingerprint density at radius 3 is 2.50 bits per heavy atom. The number of nitrogens with zero attached hydrogens (tertiary/aromatic N) is 1. The molecule has 1 aliphatic heterocycles. The van der Waals surface area contributed by atoms with Gasteiger partial charge >= 0.3 is 11.9 Å². The summed E-state index contributed by atoms with van der Waals surface area (Å²) in [6.07, 6.45) is 11.3. The molecule has 7 heteroatoms. The van der Waals surface area contributed by atoms with Gasteiger partial charge in [-0.1, -0.05) is 38.5 Å². The van der Waals surface area contributed by atoms with Gasteiger partial charge in [0.25, 0.3) is 0 Å². The molecule has 0 aromatic carbocycles. The van der Waals surface area contributed by atoms with Gasteiger partial charge in [-0.05, 0) is 57.8 Å². The lowest BCUT2D eigenvalue weighted by Crippen LogP contribution is -2.55. The molecule has 3 fully saturated rings. The second kappa shape index (κ2) is 10.6. The van der Waals surface area contributed by atoms with Crippen LogP contribution in [0.3, 0.4) is 0 Å². The van der Waals surface area contributed by atoms with Crippen molar-refractivity contribution in [3.05, 3.63) is 0 Å². The molecule has 2 aliphatic carbocycles. The maximum Gasteiger partial charge on any atom is 0.326 e. The lowest BCUT2D eigenvalue weighted by Gasteiger charge is -2.32. The maximum absolute atomic E-state index is 13.3. The second-order valence-electron chi connectivity index (χ2n) is 9.37. The lowest BCUT2D eigenvalue weighted by atomic mass is 9.85. The van der Waals surface area contributed by atoms with E-state index in [1.54, 1.807) is 18.7 Å². The molecule has 0 aromatic heterocycles. The number of hydrogen-bond acceptors (Lipinski definition) is 5. The van der Waals surface area contributed by atoms with E-state index in [-0.39, 0.29) is 23.8 Å². The largest absolute Gasteiger partial charge is 0.480 e. The van der Waals surface area contributed by atoms with Crippen molar-refractivity contribution in [2.24, 2.45) is 11.8 Å². The lowest BCUT2D eigenvalue weighted by molar-refractivity contribution is -0.151. The molecule has 170 valence electrons. The Morgan fingerprint density at radius 1 is 1.10 bits per heavy atom. The summed E-state index contributed by atoms with van der Waals surface area (Å²) in [6.45, 7) is 3.84. The summed E-state index contributed by atoms with van der Waals surface area (Å²) in [6, 6.07) is -1.88. The Morgan fingerprint density at radius 2 is 1.83 bits per heavy atom. The van der Waals surface area contributed by atoms with Crippen LogP contribution < -0.4 is 5.32 Å². The molecule has 1 heterocycles. The Labute approximate surface area is 179 Å². The molecule has 4 unspecified atom stereocenters. The van der Waals surface area contributed by atoms with E-state index < -0.39 is 24.1 Å². The SMILES string of the molecule is CCOC(=O)C(CCC1CCCCC1)N[C@@H](C)C(=O)N1C(C(=O)O)CC2CCCC21. The molecule has 0 aromatic rings. The molecule has 3 aliphatic rings. The first kappa shape index (κ1) is 23.0. The molecule has 0 radical (unpaired) electrons. The van der Waals surface area contributed by atoms with Crippen LogP contribution in [0.25, 0.3) is 0 Å². The van der Waals surface area contributed by atoms with Gasteiger partial charge in [-0.3, -0.25) is 14.9 Å². The summed E-state index contributed by atoms with van der Waals surface area (Å²) in [7, 11) is 0. The molecular formula is C23H38N2O5. The number of carbonyl (C=O) groups excluding carboxylic acids is 2. The molecule has 0 bridgehead atoms. The highest BCUT2D eigenvalue weighted by atomic mass is 16.5. The van der Waals surface area contributed by atoms with Gasteiger partial charge in [0.2, 0.25) is 5.91 Å². The Balaban J connectivity index is 1.64. The molecule has 5 atom stereocenters.